The summed E-state index contributed by atoms with van der Waals surface area (Å²) in [6.45, 7) is 7.59. The maximum absolute atomic E-state index is 6.32. The fourth-order valence-corrected chi connectivity index (χ4v) is 5.17. The molecule has 7 nitrogen and oxygen atoms in total. The Balaban J connectivity index is 1.45. The summed E-state index contributed by atoms with van der Waals surface area (Å²) in [6, 6.07) is 2.64. The molecule has 1 aliphatic heterocycles. The van der Waals surface area contributed by atoms with Crippen molar-refractivity contribution in [1.82, 2.24) is 29.6 Å². The summed E-state index contributed by atoms with van der Waals surface area (Å²) >= 11 is 0. The first-order valence-corrected chi connectivity index (χ1v) is 9.87. The molecule has 3 aromatic heterocycles. The van der Waals surface area contributed by atoms with E-state index in [2.05, 4.69) is 44.6 Å². The summed E-state index contributed by atoms with van der Waals surface area (Å²) < 4.78 is 2.13. The van der Waals surface area contributed by atoms with Gasteiger partial charge in [-0.15, -0.1) is 0 Å². The third-order valence-electron chi connectivity index (χ3n) is 6.70. The Morgan fingerprint density at radius 2 is 2.04 bits per heavy atom. The van der Waals surface area contributed by atoms with E-state index < -0.39 is 0 Å². The molecule has 0 bridgehead atoms. The minimum atomic E-state index is -0.0685. The predicted molar refractivity (Wildman–Crippen MR) is 105 cm³/mol. The van der Waals surface area contributed by atoms with Gasteiger partial charge in [0.2, 0.25) is 0 Å². The number of nitrogens with one attached hydrogen (secondary N) is 1. The van der Waals surface area contributed by atoms with Crippen LogP contribution in [0, 0.1) is 11.8 Å². The Kier molecular flexibility index (Phi) is 3.84. The van der Waals surface area contributed by atoms with Gasteiger partial charge in [-0.2, -0.15) is 5.10 Å². The van der Waals surface area contributed by atoms with Gasteiger partial charge in [0.25, 0.3) is 0 Å². The zero-order chi connectivity index (χ0) is 18.6. The summed E-state index contributed by atoms with van der Waals surface area (Å²) in [6.07, 6.45) is 9.77. The Labute approximate surface area is 159 Å². The lowest BCUT2D eigenvalue weighted by Crippen LogP contribution is -2.41. The number of rotatable bonds is 4. The van der Waals surface area contributed by atoms with E-state index in [9.17, 15) is 0 Å². The van der Waals surface area contributed by atoms with Crippen LogP contribution in [0.2, 0.25) is 0 Å². The molecule has 0 aromatic carbocycles. The van der Waals surface area contributed by atoms with Crippen LogP contribution >= 0.6 is 0 Å². The molecule has 27 heavy (non-hydrogen) atoms. The van der Waals surface area contributed by atoms with E-state index in [0.29, 0.717) is 12.6 Å². The monoisotopic (exact) mass is 365 g/mol. The van der Waals surface area contributed by atoms with E-state index in [4.69, 9.17) is 10.8 Å². The second-order valence-electron chi connectivity index (χ2n) is 8.54. The van der Waals surface area contributed by atoms with Crippen molar-refractivity contribution in [2.24, 2.45) is 17.6 Å². The molecule has 1 aliphatic carbocycles. The second-order valence-corrected chi connectivity index (χ2v) is 8.54. The first kappa shape index (κ1) is 16.9. The highest BCUT2D eigenvalue weighted by atomic mass is 15.3. The molecule has 0 amide bonds. The average Bonchev–Trinajstić information content (AvgIpc) is 3.41. The molecular weight excluding hydrogens is 338 g/mol. The molecule has 1 saturated heterocycles. The van der Waals surface area contributed by atoms with Crippen LogP contribution in [0.4, 0.5) is 0 Å². The standard InChI is InChI=1S/C20H27N7/c1-13(2)26-8-14-5-20(11-21,6-15(14)9-26)27-10-16(7-25-27)18-17-3-4-22-19(17)24-12-23-18/h3-4,7,10,12-15H,5-6,8-9,11,21H2,1-2H3,(H,22,23,24)/t14-,15+,20+. The SMILES string of the molecule is CC(C)N1C[C@@H]2C[C@@](CN)(n3cc(-c4ncnc5[nH]ccc45)cn3)C[C@@H]2C1. The summed E-state index contributed by atoms with van der Waals surface area (Å²) in [5.74, 6) is 1.44. The highest BCUT2D eigenvalue weighted by Gasteiger charge is 2.50. The number of hydrogen-bond acceptors (Lipinski definition) is 5. The van der Waals surface area contributed by atoms with Crippen molar-refractivity contribution in [2.45, 2.75) is 38.3 Å². The highest BCUT2D eigenvalue weighted by Crippen LogP contribution is 2.47. The number of fused-ring (bicyclic) bond motifs is 2. The van der Waals surface area contributed by atoms with Crippen LogP contribution in [-0.4, -0.2) is 55.3 Å². The van der Waals surface area contributed by atoms with Crippen molar-refractivity contribution in [1.29, 1.82) is 0 Å². The van der Waals surface area contributed by atoms with E-state index in [1.165, 1.54) is 13.1 Å². The molecular formula is C20H27N7. The lowest BCUT2D eigenvalue weighted by atomic mass is 9.95. The van der Waals surface area contributed by atoms with Gasteiger partial charge in [-0.1, -0.05) is 0 Å². The number of nitrogens with two attached hydrogens (primary N) is 1. The Hall–Kier alpha value is -2.25. The molecule has 0 unspecified atom stereocenters. The van der Waals surface area contributed by atoms with Crippen LogP contribution in [0.5, 0.6) is 0 Å². The Bertz CT molecular complexity index is 942. The maximum Gasteiger partial charge on any atom is 0.141 e. The van der Waals surface area contributed by atoms with Crippen LogP contribution in [0.1, 0.15) is 26.7 Å². The smallest absolute Gasteiger partial charge is 0.141 e. The molecule has 3 aromatic rings. The molecule has 7 heteroatoms. The summed E-state index contributed by atoms with van der Waals surface area (Å²) in [4.78, 5) is 14.5. The normalized spacial score (nSPS) is 28.4. The van der Waals surface area contributed by atoms with Gasteiger partial charge in [0, 0.05) is 49.0 Å². The lowest BCUT2D eigenvalue weighted by molar-refractivity contribution is 0.202. The van der Waals surface area contributed by atoms with Gasteiger partial charge in [-0.25, -0.2) is 9.97 Å². The van der Waals surface area contributed by atoms with E-state index in [1.807, 2.05) is 18.5 Å². The van der Waals surface area contributed by atoms with Crippen molar-refractivity contribution in [3.8, 4) is 11.3 Å². The molecule has 2 fully saturated rings. The molecule has 0 spiro atoms. The third kappa shape index (κ3) is 2.60. The van der Waals surface area contributed by atoms with E-state index in [0.717, 1.165) is 47.0 Å². The number of H-pyrrole nitrogens is 1. The highest BCUT2D eigenvalue weighted by molar-refractivity contribution is 5.89. The number of likely N-dealkylation sites (tertiary alicyclic amines) is 1. The van der Waals surface area contributed by atoms with Crippen LogP contribution < -0.4 is 5.73 Å². The predicted octanol–water partition coefficient (Wildman–Crippen LogP) is 2.23. The minimum Gasteiger partial charge on any atom is -0.346 e. The lowest BCUT2D eigenvalue weighted by Gasteiger charge is -2.31. The zero-order valence-electron chi connectivity index (χ0n) is 16.0. The molecule has 2 aliphatic rings. The average molecular weight is 365 g/mol. The molecule has 4 heterocycles. The fraction of sp³-hybridized carbons (Fsp3) is 0.550. The van der Waals surface area contributed by atoms with Gasteiger partial charge < -0.3 is 15.6 Å². The Morgan fingerprint density at radius 3 is 2.74 bits per heavy atom. The molecule has 0 radical (unpaired) electrons. The number of hydrogen-bond donors (Lipinski definition) is 2. The van der Waals surface area contributed by atoms with Gasteiger partial charge in [-0.3, -0.25) is 4.68 Å². The van der Waals surface area contributed by atoms with Gasteiger partial charge in [-0.05, 0) is 44.6 Å². The minimum absolute atomic E-state index is 0.0685. The van der Waals surface area contributed by atoms with Crippen LogP contribution in [0.15, 0.2) is 31.0 Å². The van der Waals surface area contributed by atoms with Crippen molar-refractivity contribution < 1.29 is 0 Å². The first-order valence-electron chi connectivity index (χ1n) is 9.87. The van der Waals surface area contributed by atoms with Gasteiger partial charge in [0.05, 0.1) is 17.4 Å². The Morgan fingerprint density at radius 1 is 1.26 bits per heavy atom. The van der Waals surface area contributed by atoms with Gasteiger partial charge in [0.15, 0.2) is 0 Å². The van der Waals surface area contributed by atoms with E-state index >= 15 is 0 Å². The number of aromatic nitrogens is 5. The van der Waals surface area contributed by atoms with Crippen LogP contribution in [0.3, 0.4) is 0 Å². The maximum atomic E-state index is 6.32. The zero-order valence-corrected chi connectivity index (χ0v) is 16.0. The first-order chi connectivity index (χ1) is 13.1. The van der Waals surface area contributed by atoms with E-state index in [-0.39, 0.29) is 5.54 Å². The second kappa shape index (κ2) is 6.14. The summed E-state index contributed by atoms with van der Waals surface area (Å²) in [5.41, 5.74) is 9.04. The number of nitrogens with zero attached hydrogens (tertiary/aromatic N) is 5. The van der Waals surface area contributed by atoms with E-state index in [1.54, 1.807) is 6.33 Å². The van der Waals surface area contributed by atoms with Crippen LogP contribution in [-0.2, 0) is 5.54 Å². The number of aromatic amines is 1. The van der Waals surface area contributed by atoms with Crippen molar-refractivity contribution in [3.05, 3.63) is 31.0 Å². The largest absolute Gasteiger partial charge is 0.346 e. The fourth-order valence-electron chi connectivity index (χ4n) is 5.17. The molecule has 1 saturated carbocycles. The van der Waals surface area contributed by atoms with Crippen molar-refractivity contribution in [3.63, 3.8) is 0 Å². The van der Waals surface area contributed by atoms with Gasteiger partial charge in [0.1, 0.15) is 12.0 Å². The third-order valence-corrected chi connectivity index (χ3v) is 6.70. The molecule has 142 valence electrons. The molecule has 5 rings (SSSR count). The molecule has 3 N–H and O–H groups in total. The van der Waals surface area contributed by atoms with Crippen molar-refractivity contribution >= 4 is 11.0 Å². The summed E-state index contributed by atoms with van der Waals surface area (Å²) in [5, 5.41) is 5.77. The topological polar surface area (TPSA) is 88.6 Å². The summed E-state index contributed by atoms with van der Waals surface area (Å²) in [7, 11) is 0. The van der Waals surface area contributed by atoms with Crippen LogP contribution in [0.25, 0.3) is 22.3 Å². The van der Waals surface area contributed by atoms with Crippen molar-refractivity contribution in [2.75, 3.05) is 19.6 Å². The quantitative estimate of drug-likeness (QED) is 0.740. The van der Waals surface area contributed by atoms with Gasteiger partial charge >= 0.3 is 0 Å². The molecule has 3 atom stereocenters.